The monoisotopic (exact) mass is 331 g/mol. The van der Waals surface area contributed by atoms with Crippen LogP contribution in [0.2, 0.25) is 0 Å². The molecule has 6 heteroatoms. The number of hydrogen-bond donors (Lipinski definition) is 2. The van der Waals surface area contributed by atoms with Gasteiger partial charge in [0.05, 0.1) is 22.3 Å². The summed E-state index contributed by atoms with van der Waals surface area (Å²) in [7, 11) is 0. The number of aromatic carboxylic acids is 1. The molecule has 104 valence electrons. The van der Waals surface area contributed by atoms with Crippen molar-refractivity contribution in [3.8, 4) is 0 Å². The van der Waals surface area contributed by atoms with Crippen molar-refractivity contribution in [2.75, 3.05) is 25.1 Å². The zero-order valence-electron chi connectivity index (χ0n) is 10.3. The largest absolute Gasteiger partial charge is 0.478 e. The number of benzene rings is 1. The summed E-state index contributed by atoms with van der Waals surface area (Å²) in [6.45, 7) is 2.10. The maximum Gasteiger partial charge on any atom is 0.336 e. The maximum absolute atomic E-state index is 14.0. The van der Waals surface area contributed by atoms with Gasteiger partial charge in [0.15, 0.2) is 5.82 Å². The standard InChI is InChI=1S/C13H15BrFNO3/c14-11-9(13(17)18)3-4-10(12(11)15)16-6-8-2-1-5-19-7-8/h3-4,8,16H,1-2,5-7H2,(H,17,18). The molecule has 0 aliphatic carbocycles. The minimum absolute atomic E-state index is 0.0232. The summed E-state index contributed by atoms with van der Waals surface area (Å²) in [5.74, 6) is -1.36. The normalized spacial score (nSPS) is 19.2. The van der Waals surface area contributed by atoms with Crippen LogP contribution in [0.5, 0.6) is 0 Å². The first-order valence-corrected chi connectivity index (χ1v) is 6.92. The molecule has 1 aromatic carbocycles. The predicted molar refractivity (Wildman–Crippen MR) is 73.1 cm³/mol. The van der Waals surface area contributed by atoms with E-state index < -0.39 is 11.8 Å². The first-order valence-electron chi connectivity index (χ1n) is 6.12. The van der Waals surface area contributed by atoms with Crippen LogP contribution in [0, 0.1) is 11.7 Å². The van der Waals surface area contributed by atoms with Crippen LogP contribution in [0.15, 0.2) is 16.6 Å². The summed E-state index contributed by atoms with van der Waals surface area (Å²) in [5.41, 5.74) is 0.228. The van der Waals surface area contributed by atoms with Gasteiger partial charge in [-0.3, -0.25) is 0 Å². The fourth-order valence-electron chi connectivity index (χ4n) is 2.07. The van der Waals surface area contributed by atoms with Crippen LogP contribution < -0.4 is 5.32 Å². The lowest BCUT2D eigenvalue weighted by Crippen LogP contribution is -2.24. The van der Waals surface area contributed by atoms with Gasteiger partial charge in [-0.1, -0.05) is 0 Å². The lowest BCUT2D eigenvalue weighted by molar-refractivity contribution is 0.0595. The molecule has 1 aliphatic heterocycles. The highest BCUT2D eigenvalue weighted by atomic mass is 79.9. The van der Waals surface area contributed by atoms with Crippen LogP contribution in [-0.4, -0.2) is 30.8 Å². The molecule has 4 nitrogen and oxygen atoms in total. The molecule has 2 N–H and O–H groups in total. The molecular formula is C13H15BrFNO3. The molecule has 0 aromatic heterocycles. The number of anilines is 1. The Bertz CT molecular complexity index is 475. The van der Waals surface area contributed by atoms with E-state index in [9.17, 15) is 9.18 Å². The van der Waals surface area contributed by atoms with Gasteiger partial charge in [0.2, 0.25) is 0 Å². The van der Waals surface area contributed by atoms with Crippen molar-refractivity contribution in [1.82, 2.24) is 0 Å². The molecule has 0 saturated carbocycles. The number of rotatable bonds is 4. The van der Waals surface area contributed by atoms with Gasteiger partial charge in [-0.2, -0.15) is 0 Å². The van der Waals surface area contributed by atoms with Crippen molar-refractivity contribution in [1.29, 1.82) is 0 Å². The zero-order valence-corrected chi connectivity index (χ0v) is 11.9. The topological polar surface area (TPSA) is 58.6 Å². The lowest BCUT2D eigenvalue weighted by Gasteiger charge is -2.23. The highest BCUT2D eigenvalue weighted by Gasteiger charge is 2.18. The van der Waals surface area contributed by atoms with Crippen molar-refractivity contribution < 1.29 is 19.0 Å². The van der Waals surface area contributed by atoms with E-state index in [-0.39, 0.29) is 10.0 Å². The van der Waals surface area contributed by atoms with Gasteiger partial charge in [-0.25, -0.2) is 9.18 Å². The third kappa shape index (κ3) is 3.45. The Labute approximate surface area is 119 Å². The smallest absolute Gasteiger partial charge is 0.336 e. The average molecular weight is 332 g/mol. The molecule has 1 aromatic rings. The lowest BCUT2D eigenvalue weighted by atomic mass is 10.0. The number of nitrogens with one attached hydrogen (secondary N) is 1. The predicted octanol–water partition coefficient (Wildman–Crippen LogP) is 3.12. The molecule has 1 heterocycles. The molecule has 19 heavy (non-hydrogen) atoms. The van der Waals surface area contributed by atoms with Gasteiger partial charge in [-0.15, -0.1) is 0 Å². The molecule has 2 rings (SSSR count). The van der Waals surface area contributed by atoms with E-state index in [2.05, 4.69) is 21.2 Å². The number of halogens is 2. The Morgan fingerprint density at radius 2 is 2.37 bits per heavy atom. The van der Waals surface area contributed by atoms with Crippen molar-refractivity contribution in [3.05, 3.63) is 28.0 Å². The second kappa shape index (κ2) is 6.34. The van der Waals surface area contributed by atoms with Gasteiger partial charge in [0.25, 0.3) is 0 Å². The Balaban J connectivity index is 2.04. The highest BCUT2D eigenvalue weighted by molar-refractivity contribution is 9.10. The van der Waals surface area contributed by atoms with Crippen molar-refractivity contribution in [2.24, 2.45) is 5.92 Å². The molecular weight excluding hydrogens is 317 g/mol. The van der Waals surface area contributed by atoms with E-state index in [1.54, 1.807) is 0 Å². The van der Waals surface area contributed by atoms with E-state index in [0.29, 0.717) is 24.8 Å². The van der Waals surface area contributed by atoms with Crippen molar-refractivity contribution >= 4 is 27.6 Å². The average Bonchev–Trinajstić information content (AvgIpc) is 2.41. The van der Waals surface area contributed by atoms with Crippen LogP contribution in [0.25, 0.3) is 0 Å². The second-order valence-electron chi connectivity index (χ2n) is 4.56. The summed E-state index contributed by atoms with van der Waals surface area (Å²) in [6.07, 6.45) is 2.08. The van der Waals surface area contributed by atoms with Crippen LogP contribution in [0.3, 0.4) is 0 Å². The Hall–Kier alpha value is -1.14. The zero-order chi connectivity index (χ0) is 13.8. The minimum atomic E-state index is -1.15. The van der Waals surface area contributed by atoms with Crippen molar-refractivity contribution in [3.63, 3.8) is 0 Å². The third-order valence-electron chi connectivity index (χ3n) is 3.15. The molecule has 0 spiro atoms. The Kier molecular flexibility index (Phi) is 4.76. The summed E-state index contributed by atoms with van der Waals surface area (Å²) >= 11 is 2.98. The fraction of sp³-hybridized carbons (Fsp3) is 0.462. The Morgan fingerprint density at radius 3 is 3.00 bits per heavy atom. The number of carboxylic acids is 1. The van der Waals surface area contributed by atoms with Crippen LogP contribution in [-0.2, 0) is 4.74 Å². The Morgan fingerprint density at radius 1 is 1.58 bits per heavy atom. The number of ether oxygens (including phenoxy) is 1. The van der Waals surface area contributed by atoms with Gasteiger partial charge in [0.1, 0.15) is 0 Å². The summed E-state index contributed by atoms with van der Waals surface area (Å²) in [4.78, 5) is 10.9. The first-order chi connectivity index (χ1) is 9.09. The summed E-state index contributed by atoms with van der Waals surface area (Å²) in [5, 5.41) is 11.9. The molecule has 0 radical (unpaired) electrons. The third-order valence-corrected chi connectivity index (χ3v) is 3.92. The first kappa shape index (κ1) is 14.3. The van der Waals surface area contributed by atoms with Gasteiger partial charge in [0, 0.05) is 13.2 Å². The number of hydrogen-bond acceptors (Lipinski definition) is 3. The number of carbonyl (C=O) groups is 1. The molecule has 1 aliphatic rings. The van der Waals surface area contributed by atoms with E-state index in [1.165, 1.54) is 12.1 Å². The molecule has 1 unspecified atom stereocenters. The molecule has 0 amide bonds. The van der Waals surface area contributed by atoms with Crippen molar-refractivity contribution in [2.45, 2.75) is 12.8 Å². The number of carboxylic acid groups (broad SMARTS) is 1. The second-order valence-corrected chi connectivity index (χ2v) is 5.35. The van der Waals surface area contributed by atoms with E-state index in [0.717, 1.165) is 19.4 Å². The molecule has 1 fully saturated rings. The highest BCUT2D eigenvalue weighted by Crippen LogP contribution is 2.27. The fourth-order valence-corrected chi connectivity index (χ4v) is 2.59. The minimum Gasteiger partial charge on any atom is -0.478 e. The summed E-state index contributed by atoms with van der Waals surface area (Å²) in [6, 6.07) is 2.84. The van der Waals surface area contributed by atoms with Crippen LogP contribution in [0.4, 0.5) is 10.1 Å². The van der Waals surface area contributed by atoms with Crippen LogP contribution in [0.1, 0.15) is 23.2 Å². The quantitative estimate of drug-likeness (QED) is 0.889. The van der Waals surface area contributed by atoms with Crippen LogP contribution >= 0.6 is 15.9 Å². The maximum atomic E-state index is 14.0. The SMILES string of the molecule is O=C(O)c1ccc(NCC2CCCOC2)c(F)c1Br. The molecule has 1 atom stereocenters. The molecule has 0 bridgehead atoms. The van der Waals surface area contributed by atoms with E-state index in [4.69, 9.17) is 9.84 Å². The summed E-state index contributed by atoms with van der Waals surface area (Å²) < 4.78 is 19.3. The van der Waals surface area contributed by atoms with E-state index in [1.807, 2.05) is 0 Å². The van der Waals surface area contributed by atoms with Gasteiger partial charge >= 0.3 is 5.97 Å². The molecule has 1 saturated heterocycles. The van der Waals surface area contributed by atoms with Gasteiger partial charge in [-0.05, 0) is 46.8 Å². The van der Waals surface area contributed by atoms with E-state index >= 15 is 0 Å². The van der Waals surface area contributed by atoms with Gasteiger partial charge < -0.3 is 15.2 Å².